The quantitative estimate of drug-likeness (QED) is 0.156. The molecule has 358 valence electrons. The van der Waals surface area contributed by atoms with Gasteiger partial charge in [-0.2, -0.15) is 0 Å². The van der Waals surface area contributed by atoms with Gasteiger partial charge in [0.25, 0.3) is 0 Å². The van der Waals surface area contributed by atoms with Crippen molar-refractivity contribution in [2.75, 3.05) is 9.80 Å². The first kappa shape index (κ1) is 43.6. The minimum absolute atomic E-state index is 0.0828. The van der Waals surface area contributed by atoms with Gasteiger partial charge in [0.15, 0.2) is 5.58 Å². The maximum absolute atomic E-state index is 7.17. The summed E-state index contributed by atoms with van der Waals surface area (Å²) in [6.45, 7) is 11.4. The third-order valence-electron chi connectivity index (χ3n) is 16.3. The van der Waals surface area contributed by atoms with E-state index in [0.29, 0.717) is 0 Å². The molecule has 0 aliphatic carbocycles. The van der Waals surface area contributed by atoms with Crippen molar-refractivity contribution in [3.05, 3.63) is 241 Å². The summed E-state index contributed by atoms with van der Waals surface area (Å²) in [4.78, 5) is 4.98. The number of hydrogen-bond acceptors (Lipinski definition) is 4. The van der Waals surface area contributed by atoms with Crippen LogP contribution in [0.15, 0.2) is 229 Å². The highest BCUT2D eigenvalue weighted by atomic mass is 16.5. The zero-order valence-corrected chi connectivity index (χ0v) is 42.6. The number of furan rings is 1. The van der Waals surface area contributed by atoms with Gasteiger partial charge < -0.3 is 23.4 Å². The van der Waals surface area contributed by atoms with Gasteiger partial charge in [0.1, 0.15) is 17.1 Å². The smallest absolute Gasteiger partial charge is 0.333 e. The van der Waals surface area contributed by atoms with Gasteiger partial charge in [-0.05, 0) is 135 Å². The van der Waals surface area contributed by atoms with Gasteiger partial charge in [0.2, 0.25) is 0 Å². The molecule has 0 radical (unpaired) electrons. The molecule has 2 aromatic heterocycles. The van der Waals surface area contributed by atoms with Gasteiger partial charge in [-0.15, -0.1) is 0 Å². The van der Waals surface area contributed by atoms with Gasteiger partial charge in [-0.3, -0.25) is 0 Å². The monoisotopic (exact) mass is 965 g/mol. The van der Waals surface area contributed by atoms with Crippen molar-refractivity contribution < 1.29 is 9.15 Å². The second kappa shape index (κ2) is 16.0. The molecule has 0 unspecified atom stereocenters. The first-order valence-corrected chi connectivity index (χ1v) is 26.2. The number of fused-ring (bicyclic) bond motifs is 11. The summed E-state index contributed by atoms with van der Waals surface area (Å²) in [5.74, 6) is 1.78. The van der Waals surface area contributed by atoms with Gasteiger partial charge in [-0.25, -0.2) is 0 Å². The average Bonchev–Trinajstić information content (AvgIpc) is 4.03. The number of ether oxygens (including phenoxy) is 1. The van der Waals surface area contributed by atoms with Gasteiger partial charge >= 0.3 is 6.85 Å². The molecule has 3 aliphatic heterocycles. The Hall–Kier alpha value is -9.00. The third-order valence-corrected chi connectivity index (χ3v) is 16.3. The van der Waals surface area contributed by atoms with E-state index < -0.39 is 0 Å². The molecule has 0 atom stereocenters. The second-order valence-corrected chi connectivity index (χ2v) is 22.1. The van der Waals surface area contributed by atoms with Crippen LogP contribution >= 0.6 is 0 Å². The molecule has 0 fully saturated rings. The summed E-state index contributed by atoms with van der Waals surface area (Å²) in [7, 11) is 0. The summed E-state index contributed by atoms with van der Waals surface area (Å²) in [6.07, 6.45) is 0. The predicted octanol–water partition coefficient (Wildman–Crippen LogP) is 17.5. The van der Waals surface area contributed by atoms with Crippen molar-refractivity contribution in [3.8, 4) is 44.9 Å². The van der Waals surface area contributed by atoms with E-state index in [4.69, 9.17) is 9.15 Å². The summed E-state index contributed by atoms with van der Waals surface area (Å²) in [5, 5.41) is 2.16. The lowest BCUT2D eigenvalue weighted by molar-refractivity contribution is 0.418. The first-order valence-electron chi connectivity index (χ1n) is 26.2. The molecule has 0 saturated heterocycles. The normalized spacial score (nSPS) is 13.8. The summed E-state index contributed by atoms with van der Waals surface area (Å²) < 4.78 is 16.9. The third kappa shape index (κ3) is 6.45. The molecule has 75 heavy (non-hydrogen) atoms. The Morgan fingerprint density at radius 1 is 0.467 bits per heavy atom. The standard InChI is InChI=1S/C69H52BN3O2/c1-68(2,3)46-34-35-58(51(38-46)44-24-12-7-13-25-44)72-59-41-56-63(74-62-33-21-19-31-55(62)69(56,4)5)42-57(59)70-64-52(36-45(37-60(64)72)43-22-10-6-11-23-43)53-39-49(71(47-26-14-8-15-27-47)48-28-16-9-17-29-48)40-54-65(53)73(70)66-50-30-18-20-32-61(50)75-67(54)66/h6-42H,1-5H3. The number of aromatic nitrogens is 1. The van der Waals surface area contributed by atoms with Crippen molar-refractivity contribution in [3.63, 3.8) is 0 Å². The highest BCUT2D eigenvalue weighted by Gasteiger charge is 2.47. The van der Waals surface area contributed by atoms with Crippen molar-refractivity contribution in [1.82, 2.24) is 4.48 Å². The maximum atomic E-state index is 7.17. The number of benzene rings is 10. The lowest BCUT2D eigenvalue weighted by Crippen LogP contribution is -2.57. The van der Waals surface area contributed by atoms with Crippen molar-refractivity contribution in [2.45, 2.75) is 45.4 Å². The molecule has 0 bridgehead atoms. The average molecular weight is 966 g/mol. The Bertz CT molecular complexity index is 4250. The SMILES string of the molecule is CC(C)(C)c1ccc(N2c3cc4c(cc3B3c5c(cc(-c6ccccc6)cc52)-c2cc(N(c5ccccc5)c5ccccc5)cc5c6oc7ccccc7c6n3c25)Oc2ccccc2C4(C)C)c(-c2ccccc2)c1. The van der Waals surface area contributed by atoms with Crippen LogP contribution in [0, 0.1) is 0 Å². The second-order valence-electron chi connectivity index (χ2n) is 22.1. The van der Waals surface area contributed by atoms with Crippen LogP contribution in [0.4, 0.5) is 34.1 Å². The van der Waals surface area contributed by atoms with Crippen LogP contribution in [0.5, 0.6) is 11.5 Å². The summed E-state index contributed by atoms with van der Waals surface area (Å²) in [6, 6.07) is 82.2. The highest BCUT2D eigenvalue weighted by molar-refractivity contribution is 6.90. The van der Waals surface area contributed by atoms with Gasteiger partial charge in [0, 0.05) is 72.4 Å². The van der Waals surface area contributed by atoms with Crippen molar-refractivity contribution in [1.29, 1.82) is 0 Å². The van der Waals surface area contributed by atoms with E-state index in [-0.39, 0.29) is 17.7 Å². The van der Waals surface area contributed by atoms with Crippen LogP contribution in [0.3, 0.4) is 0 Å². The fraction of sp³-hybridized carbons (Fsp3) is 0.101. The lowest BCUT2D eigenvalue weighted by atomic mass is 9.44. The van der Waals surface area contributed by atoms with E-state index in [2.05, 4.69) is 273 Å². The minimum atomic E-state index is -0.367. The number of rotatable bonds is 6. The fourth-order valence-corrected chi connectivity index (χ4v) is 12.7. The Morgan fingerprint density at radius 2 is 1.12 bits per heavy atom. The van der Waals surface area contributed by atoms with E-state index >= 15 is 0 Å². The Labute approximate surface area is 437 Å². The zero-order valence-electron chi connectivity index (χ0n) is 42.6. The molecule has 6 heteroatoms. The zero-order chi connectivity index (χ0) is 50.3. The van der Waals surface area contributed by atoms with Crippen LogP contribution in [-0.2, 0) is 10.8 Å². The lowest BCUT2D eigenvalue weighted by Gasteiger charge is -2.43. The number of nitrogens with zero attached hydrogens (tertiary/aromatic N) is 3. The van der Waals surface area contributed by atoms with E-state index in [1.54, 1.807) is 0 Å². The topological polar surface area (TPSA) is 33.8 Å². The van der Waals surface area contributed by atoms with Crippen LogP contribution in [-0.4, -0.2) is 11.3 Å². The van der Waals surface area contributed by atoms with E-state index in [0.717, 1.165) is 106 Å². The molecule has 0 spiro atoms. The van der Waals surface area contributed by atoms with E-state index in [1.807, 2.05) is 0 Å². The fourth-order valence-electron chi connectivity index (χ4n) is 12.7. The Balaban J connectivity index is 1.12. The van der Waals surface area contributed by atoms with Crippen molar-refractivity contribution in [2.24, 2.45) is 0 Å². The van der Waals surface area contributed by atoms with Gasteiger partial charge in [-0.1, -0.05) is 168 Å². The molecule has 0 saturated carbocycles. The Morgan fingerprint density at radius 3 is 1.84 bits per heavy atom. The predicted molar refractivity (Wildman–Crippen MR) is 313 cm³/mol. The largest absolute Gasteiger partial charge is 0.457 e. The highest BCUT2D eigenvalue weighted by Crippen LogP contribution is 2.55. The van der Waals surface area contributed by atoms with Crippen LogP contribution in [0.25, 0.3) is 66.4 Å². The number of hydrogen-bond donors (Lipinski definition) is 0. The maximum Gasteiger partial charge on any atom is 0.333 e. The van der Waals surface area contributed by atoms with E-state index in [9.17, 15) is 0 Å². The first-order chi connectivity index (χ1) is 36.6. The number of para-hydroxylation sites is 4. The molecular weight excluding hydrogens is 914 g/mol. The Kier molecular flexibility index (Phi) is 9.30. The minimum Gasteiger partial charge on any atom is -0.457 e. The van der Waals surface area contributed by atoms with E-state index in [1.165, 1.54) is 33.3 Å². The van der Waals surface area contributed by atoms with Crippen LogP contribution in [0.2, 0.25) is 0 Å². The van der Waals surface area contributed by atoms with Gasteiger partial charge in [0.05, 0.1) is 11.2 Å². The molecule has 5 heterocycles. The van der Waals surface area contributed by atoms with Crippen LogP contribution in [0.1, 0.15) is 51.3 Å². The molecule has 5 nitrogen and oxygen atoms in total. The summed E-state index contributed by atoms with van der Waals surface area (Å²) >= 11 is 0. The van der Waals surface area contributed by atoms with Crippen molar-refractivity contribution >= 4 is 84.9 Å². The molecule has 3 aliphatic rings. The molecule has 10 aromatic carbocycles. The molecular formula is C69H52BN3O2. The molecule has 15 rings (SSSR count). The molecule has 0 amide bonds. The number of anilines is 6. The molecule has 0 N–H and O–H groups in total. The summed E-state index contributed by atoms with van der Waals surface area (Å²) in [5.41, 5.74) is 23.1. The molecule has 12 aromatic rings. The van der Waals surface area contributed by atoms with Crippen LogP contribution < -0.4 is 25.5 Å².